The van der Waals surface area contributed by atoms with Crippen LogP contribution in [0.3, 0.4) is 0 Å². The molecule has 1 fully saturated rings. The summed E-state index contributed by atoms with van der Waals surface area (Å²) in [7, 11) is 0. The van der Waals surface area contributed by atoms with Crippen LogP contribution in [0.25, 0.3) is 0 Å². The van der Waals surface area contributed by atoms with E-state index in [4.69, 9.17) is 33.4 Å². The quantitative estimate of drug-likeness (QED) is 0.777. The lowest BCUT2D eigenvalue weighted by molar-refractivity contribution is -0.143. The maximum atomic E-state index is 10.4. The fourth-order valence-electron chi connectivity index (χ4n) is 1.63. The fraction of sp³-hybridized carbons (Fsp3) is 0.545. The van der Waals surface area contributed by atoms with Crippen molar-refractivity contribution in [3.8, 4) is 0 Å². The molecule has 0 aliphatic heterocycles. The molecule has 1 aromatic heterocycles. The van der Waals surface area contributed by atoms with Gasteiger partial charge in [-0.05, 0) is 25.7 Å². The molecule has 1 saturated carbocycles. The monoisotopic (exact) mass is 292 g/mol. The molecule has 0 unspecified atom stereocenters. The van der Waals surface area contributed by atoms with Crippen LogP contribution in [-0.4, -0.2) is 32.3 Å². The Morgan fingerprint density at radius 2 is 1.67 bits per heavy atom. The third-order valence-electron chi connectivity index (χ3n) is 2.65. The number of carboxylic acids is 1. The van der Waals surface area contributed by atoms with Gasteiger partial charge in [-0.3, -0.25) is 4.79 Å². The summed E-state index contributed by atoms with van der Waals surface area (Å²) in [6, 6.07) is 1.48. The van der Waals surface area contributed by atoms with Crippen molar-refractivity contribution in [1.82, 2.24) is 9.97 Å². The van der Waals surface area contributed by atoms with Crippen molar-refractivity contribution < 1.29 is 15.0 Å². The molecule has 1 aliphatic carbocycles. The molecule has 1 heterocycles. The number of aliphatic carboxylic acids is 1. The molecule has 2 rings (SSSR count). The van der Waals surface area contributed by atoms with Crippen molar-refractivity contribution in [3.63, 3.8) is 0 Å². The van der Waals surface area contributed by atoms with Crippen LogP contribution in [0, 0.1) is 5.92 Å². The Bertz CT molecular complexity index is 378. The van der Waals surface area contributed by atoms with Gasteiger partial charge in [-0.25, -0.2) is 9.97 Å². The second-order valence-corrected chi connectivity index (χ2v) is 4.78. The van der Waals surface area contributed by atoms with Gasteiger partial charge in [-0.2, -0.15) is 0 Å². The Morgan fingerprint density at radius 3 is 2.00 bits per heavy atom. The molecule has 5 nitrogen and oxygen atoms in total. The number of carbonyl (C=O) groups is 1. The number of aliphatic hydroxyl groups is 1. The molecule has 0 saturated heterocycles. The predicted molar refractivity (Wildman–Crippen MR) is 67.7 cm³/mol. The lowest BCUT2D eigenvalue weighted by Gasteiger charge is -2.21. The van der Waals surface area contributed by atoms with Crippen LogP contribution in [0.4, 0.5) is 0 Å². The number of rotatable bonds is 1. The summed E-state index contributed by atoms with van der Waals surface area (Å²) in [4.78, 5) is 17.6. The van der Waals surface area contributed by atoms with Crippen molar-refractivity contribution in [3.05, 3.63) is 22.7 Å². The summed E-state index contributed by atoms with van der Waals surface area (Å²) in [5.41, 5.74) is 0. The van der Waals surface area contributed by atoms with Gasteiger partial charge in [0.1, 0.15) is 16.6 Å². The van der Waals surface area contributed by atoms with Crippen molar-refractivity contribution in [2.24, 2.45) is 5.92 Å². The van der Waals surface area contributed by atoms with Gasteiger partial charge in [0, 0.05) is 6.07 Å². The molecule has 7 heteroatoms. The third-order valence-corrected chi connectivity index (χ3v) is 3.06. The lowest BCUT2D eigenvalue weighted by Crippen LogP contribution is -2.23. The zero-order valence-electron chi connectivity index (χ0n) is 9.59. The van der Waals surface area contributed by atoms with E-state index in [1.165, 1.54) is 12.4 Å². The van der Waals surface area contributed by atoms with Crippen molar-refractivity contribution in [2.75, 3.05) is 0 Å². The van der Waals surface area contributed by atoms with Gasteiger partial charge in [0.25, 0.3) is 0 Å². The number of aromatic nitrogens is 2. The predicted octanol–water partition coefficient (Wildman–Crippen LogP) is 2.41. The minimum atomic E-state index is -0.716. The summed E-state index contributed by atoms with van der Waals surface area (Å²) in [5, 5.41) is 18.3. The smallest absolute Gasteiger partial charge is 0.306 e. The normalized spacial score (nSPS) is 22.8. The topological polar surface area (TPSA) is 83.3 Å². The van der Waals surface area contributed by atoms with E-state index in [0.717, 1.165) is 0 Å². The first-order chi connectivity index (χ1) is 8.49. The molecule has 1 aromatic rings. The van der Waals surface area contributed by atoms with Gasteiger partial charge in [0.15, 0.2) is 0 Å². The van der Waals surface area contributed by atoms with E-state index in [1.54, 1.807) is 0 Å². The van der Waals surface area contributed by atoms with Gasteiger partial charge in [0.05, 0.1) is 12.0 Å². The van der Waals surface area contributed by atoms with Gasteiger partial charge >= 0.3 is 5.97 Å². The number of aliphatic hydroxyl groups excluding tert-OH is 1. The van der Waals surface area contributed by atoms with Crippen LogP contribution in [0.1, 0.15) is 25.7 Å². The van der Waals surface area contributed by atoms with E-state index in [0.29, 0.717) is 36.0 Å². The highest BCUT2D eigenvalue weighted by Gasteiger charge is 2.24. The molecule has 1 aliphatic rings. The Kier molecular flexibility index (Phi) is 6.32. The second kappa shape index (κ2) is 7.51. The summed E-state index contributed by atoms with van der Waals surface area (Å²) >= 11 is 10.8. The summed E-state index contributed by atoms with van der Waals surface area (Å²) in [6.07, 6.45) is 3.63. The standard InChI is InChI=1S/C7H12O3.C4H2Cl2N2/c8-6-3-1-5(2-4-6)7(9)10;5-3-1-4(6)8-2-7-3/h5-6,8H,1-4H2,(H,9,10);1-2H. The average molecular weight is 293 g/mol. The Labute approximate surface area is 115 Å². The molecule has 0 radical (unpaired) electrons. The van der Waals surface area contributed by atoms with Crippen LogP contribution in [-0.2, 0) is 4.79 Å². The molecule has 18 heavy (non-hydrogen) atoms. The van der Waals surface area contributed by atoms with E-state index in [-0.39, 0.29) is 12.0 Å². The van der Waals surface area contributed by atoms with Crippen molar-refractivity contribution in [2.45, 2.75) is 31.8 Å². The number of hydrogen-bond donors (Lipinski definition) is 2. The van der Waals surface area contributed by atoms with E-state index >= 15 is 0 Å². The lowest BCUT2D eigenvalue weighted by atomic mass is 9.88. The Hall–Kier alpha value is -0.910. The maximum Gasteiger partial charge on any atom is 0.306 e. The highest BCUT2D eigenvalue weighted by atomic mass is 35.5. The molecule has 2 N–H and O–H groups in total. The van der Waals surface area contributed by atoms with Crippen molar-refractivity contribution in [1.29, 1.82) is 0 Å². The number of carboxylic acid groups (broad SMARTS) is 1. The molecule has 0 aromatic carbocycles. The molecule has 0 amide bonds. The summed E-state index contributed by atoms with van der Waals surface area (Å²) < 4.78 is 0. The first-order valence-electron chi connectivity index (χ1n) is 5.53. The fourth-order valence-corrected chi connectivity index (χ4v) is 1.98. The van der Waals surface area contributed by atoms with Crippen molar-refractivity contribution >= 4 is 29.2 Å². The summed E-state index contributed by atoms with van der Waals surface area (Å²) in [5.74, 6) is -0.921. The zero-order chi connectivity index (χ0) is 13.5. The van der Waals surface area contributed by atoms with Crippen LogP contribution in [0.15, 0.2) is 12.4 Å². The Morgan fingerprint density at radius 1 is 1.17 bits per heavy atom. The van der Waals surface area contributed by atoms with E-state index in [1.807, 2.05) is 0 Å². The van der Waals surface area contributed by atoms with E-state index in [9.17, 15) is 4.79 Å². The largest absolute Gasteiger partial charge is 0.481 e. The van der Waals surface area contributed by atoms with Gasteiger partial charge in [-0.1, -0.05) is 23.2 Å². The molecule has 0 bridgehead atoms. The average Bonchev–Trinajstić information content (AvgIpc) is 2.30. The molecule has 0 spiro atoms. The minimum Gasteiger partial charge on any atom is -0.481 e. The van der Waals surface area contributed by atoms with Crippen LogP contribution >= 0.6 is 23.2 Å². The zero-order valence-corrected chi connectivity index (χ0v) is 11.1. The highest BCUT2D eigenvalue weighted by molar-refractivity contribution is 6.33. The highest BCUT2D eigenvalue weighted by Crippen LogP contribution is 2.23. The van der Waals surface area contributed by atoms with E-state index in [2.05, 4.69) is 9.97 Å². The number of hydrogen-bond acceptors (Lipinski definition) is 4. The SMILES string of the molecule is Clc1cc(Cl)ncn1.O=C(O)C1CCC(O)CC1. The van der Waals surface area contributed by atoms with Crippen LogP contribution in [0.5, 0.6) is 0 Å². The van der Waals surface area contributed by atoms with Gasteiger partial charge in [-0.15, -0.1) is 0 Å². The Balaban J connectivity index is 0.000000184. The minimum absolute atomic E-state index is 0.205. The number of nitrogens with zero attached hydrogens (tertiary/aromatic N) is 2. The van der Waals surface area contributed by atoms with Gasteiger partial charge in [0.2, 0.25) is 0 Å². The van der Waals surface area contributed by atoms with Crippen LogP contribution < -0.4 is 0 Å². The maximum absolute atomic E-state index is 10.4. The number of halogens is 2. The molecule has 0 atom stereocenters. The first-order valence-corrected chi connectivity index (χ1v) is 6.28. The van der Waals surface area contributed by atoms with Gasteiger partial charge < -0.3 is 10.2 Å². The molecule has 100 valence electrons. The molecular weight excluding hydrogens is 279 g/mol. The first kappa shape index (κ1) is 15.1. The summed E-state index contributed by atoms with van der Waals surface area (Å²) in [6.45, 7) is 0. The molecular formula is C11H14Cl2N2O3. The third kappa shape index (κ3) is 5.62. The van der Waals surface area contributed by atoms with E-state index < -0.39 is 5.97 Å². The van der Waals surface area contributed by atoms with Crippen LogP contribution in [0.2, 0.25) is 10.3 Å². The second-order valence-electron chi connectivity index (χ2n) is 4.01.